The van der Waals surface area contributed by atoms with Gasteiger partial charge in [-0.15, -0.1) is 0 Å². The molecule has 18 heavy (non-hydrogen) atoms. The van der Waals surface area contributed by atoms with Crippen LogP contribution in [-0.4, -0.2) is 9.97 Å². The Kier molecular flexibility index (Phi) is 3.84. The Hall–Kier alpha value is -1.58. The van der Waals surface area contributed by atoms with E-state index in [1.54, 1.807) is 6.07 Å². The van der Waals surface area contributed by atoms with Gasteiger partial charge in [0, 0.05) is 5.69 Å². The Morgan fingerprint density at radius 3 is 2.61 bits per heavy atom. The van der Waals surface area contributed by atoms with Gasteiger partial charge in [0.1, 0.15) is 5.69 Å². The number of hydrogen-bond acceptors (Lipinski definition) is 4. The molecule has 2 aliphatic heterocycles. The SMILES string of the molecule is CCCCC(CC)Cc1cc2nc(=O)c(=O)c-2n1. The molecule has 0 N–H and O–H groups in total. The summed E-state index contributed by atoms with van der Waals surface area (Å²) in [5.74, 6) is 0.603. The maximum atomic E-state index is 11.4. The van der Waals surface area contributed by atoms with Crippen molar-refractivity contribution in [3.8, 4) is 11.4 Å². The summed E-state index contributed by atoms with van der Waals surface area (Å²) in [5.41, 5.74) is 0.369. The van der Waals surface area contributed by atoms with Gasteiger partial charge in [-0.25, -0.2) is 9.97 Å². The van der Waals surface area contributed by atoms with Gasteiger partial charge in [-0.2, -0.15) is 0 Å². The van der Waals surface area contributed by atoms with Gasteiger partial charge in [-0.3, -0.25) is 9.59 Å². The van der Waals surface area contributed by atoms with Gasteiger partial charge in [0.2, 0.25) is 0 Å². The Balaban J connectivity index is 2.14. The third-order valence-electron chi connectivity index (χ3n) is 3.47. The van der Waals surface area contributed by atoms with E-state index in [2.05, 4.69) is 23.8 Å². The molecule has 0 bridgehead atoms. The van der Waals surface area contributed by atoms with Gasteiger partial charge >= 0.3 is 5.56 Å². The fourth-order valence-electron chi connectivity index (χ4n) is 2.32. The topological polar surface area (TPSA) is 59.9 Å². The second-order valence-corrected chi connectivity index (χ2v) is 4.85. The van der Waals surface area contributed by atoms with E-state index in [1.165, 1.54) is 19.3 Å². The lowest BCUT2D eigenvalue weighted by Crippen LogP contribution is -2.19. The summed E-state index contributed by atoms with van der Waals surface area (Å²) < 4.78 is 0. The lowest BCUT2D eigenvalue weighted by Gasteiger charge is -2.12. The molecule has 0 saturated heterocycles. The lowest BCUT2D eigenvalue weighted by molar-refractivity contribution is 0.446. The van der Waals surface area contributed by atoms with Crippen molar-refractivity contribution in [1.82, 2.24) is 9.97 Å². The van der Waals surface area contributed by atoms with Crippen molar-refractivity contribution in [3.05, 3.63) is 32.3 Å². The average molecular weight is 246 g/mol. The van der Waals surface area contributed by atoms with Crippen LogP contribution in [0.3, 0.4) is 0 Å². The molecule has 2 aliphatic rings. The largest absolute Gasteiger partial charge is 0.320 e. The first-order chi connectivity index (χ1) is 8.65. The maximum absolute atomic E-state index is 11.4. The van der Waals surface area contributed by atoms with E-state index < -0.39 is 11.0 Å². The molecule has 0 aromatic carbocycles. The van der Waals surface area contributed by atoms with E-state index in [9.17, 15) is 9.59 Å². The minimum absolute atomic E-state index is 0.250. The molecule has 2 rings (SSSR count). The van der Waals surface area contributed by atoms with E-state index in [1.807, 2.05) is 0 Å². The van der Waals surface area contributed by atoms with Gasteiger partial charge in [0.15, 0.2) is 0 Å². The highest BCUT2D eigenvalue weighted by atomic mass is 16.2. The highest BCUT2D eigenvalue weighted by molar-refractivity contribution is 5.58. The van der Waals surface area contributed by atoms with E-state index in [4.69, 9.17) is 0 Å². The first kappa shape index (κ1) is 12.9. The summed E-state index contributed by atoms with van der Waals surface area (Å²) in [6.45, 7) is 4.36. The zero-order valence-electron chi connectivity index (χ0n) is 10.9. The minimum atomic E-state index is -0.683. The van der Waals surface area contributed by atoms with E-state index in [0.29, 0.717) is 11.6 Å². The van der Waals surface area contributed by atoms with Crippen molar-refractivity contribution in [1.29, 1.82) is 0 Å². The van der Waals surface area contributed by atoms with Crippen LogP contribution in [0, 0.1) is 5.92 Å². The predicted molar refractivity (Wildman–Crippen MR) is 70.6 cm³/mol. The lowest BCUT2D eigenvalue weighted by atomic mass is 9.94. The van der Waals surface area contributed by atoms with Crippen molar-refractivity contribution in [2.75, 3.05) is 0 Å². The molecule has 0 fully saturated rings. The van der Waals surface area contributed by atoms with Crippen molar-refractivity contribution >= 4 is 0 Å². The number of fused-ring (bicyclic) bond motifs is 1. The summed E-state index contributed by atoms with van der Waals surface area (Å²) in [7, 11) is 0. The van der Waals surface area contributed by atoms with Crippen LogP contribution in [-0.2, 0) is 6.42 Å². The summed E-state index contributed by atoms with van der Waals surface area (Å²) in [5, 5.41) is 0. The second kappa shape index (κ2) is 5.38. The average Bonchev–Trinajstić information content (AvgIpc) is 2.85. The fraction of sp³-hybridized carbons (Fsp3) is 0.571. The summed E-state index contributed by atoms with van der Waals surface area (Å²) in [4.78, 5) is 30.5. The monoisotopic (exact) mass is 246 g/mol. The van der Waals surface area contributed by atoms with Crippen LogP contribution in [0.1, 0.15) is 45.2 Å². The van der Waals surface area contributed by atoms with Crippen LogP contribution in [0.5, 0.6) is 0 Å². The molecule has 4 heteroatoms. The van der Waals surface area contributed by atoms with Crippen LogP contribution in [0.25, 0.3) is 11.4 Å². The molecule has 1 atom stereocenters. The van der Waals surface area contributed by atoms with Crippen molar-refractivity contribution < 1.29 is 0 Å². The molecule has 0 saturated carbocycles. The van der Waals surface area contributed by atoms with Crippen LogP contribution >= 0.6 is 0 Å². The normalized spacial score (nSPS) is 13.2. The highest BCUT2D eigenvalue weighted by Gasteiger charge is 2.20. The van der Waals surface area contributed by atoms with E-state index in [0.717, 1.165) is 18.5 Å². The second-order valence-electron chi connectivity index (χ2n) is 4.85. The van der Waals surface area contributed by atoms with Gasteiger partial charge < -0.3 is 0 Å². The Labute approximate surface area is 106 Å². The molecule has 0 radical (unpaired) electrons. The zero-order chi connectivity index (χ0) is 13.1. The molecular weight excluding hydrogens is 228 g/mol. The third kappa shape index (κ3) is 2.47. The summed E-state index contributed by atoms with van der Waals surface area (Å²) in [6.07, 6.45) is 5.60. The van der Waals surface area contributed by atoms with Crippen molar-refractivity contribution in [2.45, 2.75) is 46.0 Å². The van der Waals surface area contributed by atoms with Crippen molar-refractivity contribution in [3.63, 3.8) is 0 Å². The summed E-state index contributed by atoms with van der Waals surface area (Å²) in [6, 6.07) is 1.78. The molecule has 0 aromatic rings. The summed E-state index contributed by atoms with van der Waals surface area (Å²) >= 11 is 0. The van der Waals surface area contributed by atoms with Gasteiger partial charge in [-0.05, 0) is 18.4 Å². The zero-order valence-corrected chi connectivity index (χ0v) is 10.9. The minimum Gasteiger partial charge on any atom is -0.281 e. The Morgan fingerprint density at radius 1 is 1.22 bits per heavy atom. The molecule has 4 nitrogen and oxygen atoms in total. The standard InChI is InChI=1S/C14H18N2O2/c1-3-5-6-9(4-2)7-10-8-11-12(15-10)13(17)14(18)16-11/h8-9H,3-7H2,1-2H3. The number of hydrogen-bond donors (Lipinski definition) is 0. The molecule has 96 valence electrons. The number of nitrogens with zero attached hydrogens (tertiary/aromatic N) is 2. The molecule has 1 unspecified atom stereocenters. The van der Waals surface area contributed by atoms with Gasteiger partial charge in [0.05, 0.1) is 5.69 Å². The Bertz CT molecular complexity index is 570. The Morgan fingerprint density at radius 2 is 2.00 bits per heavy atom. The molecule has 0 aromatic heterocycles. The van der Waals surface area contributed by atoms with Crippen molar-refractivity contribution in [2.24, 2.45) is 5.92 Å². The molecule has 2 heterocycles. The highest BCUT2D eigenvalue weighted by Crippen LogP contribution is 2.21. The first-order valence-corrected chi connectivity index (χ1v) is 6.62. The predicted octanol–water partition coefficient (Wildman–Crippen LogP) is 1.94. The van der Waals surface area contributed by atoms with Crippen LogP contribution in [0.4, 0.5) is 0 Å². The van der Waals surface area contributed by atoms with Crippen LogP contribution in [0.2, 0.25) is 0 Å². The quantitative estimate of drug-likeness (QED) is 0.731. The molecular formula is C14H18N2O2. The molecule has 0 aliphatic carbocycles. The van der Waals surface area contributed by atoms with Gasteiger partial charge in [-0.1, -0.05) is 39.5 Å². The van der Waals surface area contributed by atoms with E-state index >= 15 is 0 Å². The maximum Gasteiger partial charge on any atom is 0.320 e. The number of aromatic nitrogens is 2. The van der Waals surface area contributed by atoms with Crippen LogP contribution < -0.4 is 11.0 Å². The number of unbranched alkanes of at least 4 members (excludes halogenated alkanes) is 1. The van der Waals surface area contributed by atoms with E-state index in [-0.39, 0.29) is 5.69 Å². The van der Waals surface area contributed by atoms with Gasteiger partial charge in [0.25, 0.3) is 5.43 Å². The van der Waals surface area contributed by atoms with Crippen LogP contribution in [0.15, 0.2) is 15.7 Å². The number of rotatable bonds is 6. The molecule has 0 amide bonds. The first-order valence-electron chi connectivity index (χ1n) is 6.62. The molecule has 0 spiro atoms. The fourth-order valence-corrected chi connectivity index (χ4v) is 2.32. The smallest absolute Gasteiger partial charge is 0.281 e. The third-order valence-corrected chi connectivity index (χ3v) is 3.47.